The molecule has 6 heteroatoms. The van der Waals surface area contributed by atoms with E-state index in [1.807, 2.05) is 39.0 Å². The van der Waals surface area contributed by atoms with Gasteiger partial charge >= 0.3 is 6.09 Å². The molecule has 1 heterocycles. The second-order valence-electron chi connectivity index (χ2n) is 6.30. The highest BCUT2D eigenvalue weighted by atomic mass is 16.6. The monoisotopic (exact) mass is 334 g/mol. The molecule has 0 spiro atoms. The highest BCUT2D eigenvalue weighted by Crippen LogP contribution is 2.16. The fourth-order valence-corrected chi connectivity index (χ4v) is 2.84. The number of nitrogens with one attached hydrogen (secondary N) is 2. The maximum atomic E-state index is 12.2. The molecule has 1 aliphatic rings. The van der Waals surface area contributed by atoms with Gasteiger partial charge in [-0.15, -0.1) is 0 Å². The maximum absolute atomic E-state index is 12.2. The van der Waals surface area contributed by atoms with Crippen molar-refractivity contribution in [3.8, 4) is 0 Å². The number of rotatable bonds is 5. The predicted octanol–water partition coefficient (Wildman–Crippen LogP) is 0.989. The first kappa shape index (κ1) is 18.3. The van der Waals surface area contributed by atoms with E-state index < -0.39 is 0 Å². The fraction of sp³-hybridized carbons (Fsp3) is 0.556. The molecular weight excluding hydrogens is 306 g/mol. The van der Waals surface area contributed by atoms with Gasteiger partial charge in [0.15, 0.2) is 0 Å². The topological polar surface area (TPSA) is 63.1 Å². The number of anilines is 1. The molecule has 1 fully saturated rings. The Bertz CT molecular complexity index is 581. The summed E-state index contributed by atoms with van der Waals surface area (Å²) in [5, 5.41) is 3.00. The molecule has 1 aliphatic heterocycles. The van der Waals surface area contributed by atoms with Crippen LogP contribution in [0.2, 0.25) is 0 Å². The van der Waals surface area contributed by atoms with Crippen LogP contribution in [0.5, 0.6) is 0 Å². The third-order valence-electron chi connectivity index (χ3n) is 4.37. The summed E-state index contributed by atoms with van der Waals surface area (Å²) in [5.41, 5.74) is 3.10. The molecule has 1 aromatic carbocycles. The second-order valence-corrected chi connectivity index (χ2v) is 6.30. The van der Waals surface area contributed by atoms with Gasteiger partial charge in [-0.05, 0) is 38.0 Å². The van der Waals surface area contributed by atoms with Gasteiger partial charge in [-0.3, -0.25) is 9.69 Å². The van der Waals surface area contributed by atoms with E-state index in [1.54, 1.807) is 4.90 Å². The van der Waals surface area contributed by atoms with Crippen molar-refractivity contribution in [2.45, 2.75) is 27.2 Å². The van der Waals surface area contributed by atoms with E-state index >= 15 is 0 Å². The van der Waals surface area contributed by atoms with Crippen molar-refractivity contribution < 1.29 is 19.2 Å². The number of quaternary nitrogens is 1. The van der Waals surface area contributed by atoms with Crippen LogP contribution in [0.4, 0.5) is 10.5 Å². The van der Waals surface area contributed by atoms with Gasteiger partial charge in [-0.1, -0.05) is 12.1 Å². The van der Waals surface area contributed by atoms with Gasteiger partial charge in [0.2, 0.25) is 5.91 Å². The first-order valence-electron chi connectivity index (χ1n) is 8.62. The number of amides is 2. The van der Waals surface area contributed by atoms with Crippen LogP contribution in [0.1, 0.15) is 24.5 Å². The summed E-state index contributed by atoms with van der Waals surface area (Å²) in [6, 6.07) is 6.06. The fourth-order valence-electron chi connectivity index (χ4n) is 2.84. The summed E-state index contributed by atoms with van der Waals surface area (Å²) in [4.78, 5) is 26.9. The molecule has 2 N–H and O–H groups in total. The highest BCUT2D eigenvalue weighted by Gasteiger charge is 2.24. The van der Waals surface area contributed by atoms with Crippen LogP contribution in [-0.2, 0) is 9.53 Å². The molecule has 0 atom stereocenters. The molecule has 6 nitrogen and oxygen atoms in total. The van der Waals surface area contributed by atoms with Gasteiger partial charge < -0.3 is 15.0 Å². The van der Waals surface area contributed by atoms with E-state index in [4.69, 9.17) is 4.74 Å². The van der Waals surface area contributed by atoms with Crippen LogP contribution in [0, 0.1) is 13.8 Å². The Morgan fingerprint density at radius 1 is 1.25 bits per heavy atom. The van der Waals surface area contributed by atoms with Crippen molar-refractivity contribution in [2.24, 2.45) is 0 Å². The quantitative estimate of drug-likeness (QED) is 0.844. The number of carbonyl (C=O) groups excluding carboxylic acids is 2. The molecule has 24 heavy (non-hydrogen) atoms. The Morgan fingerprint density at radius 3 is 2.62 bits per heavy atom. The third-order valence-corrected chi connectivity index (χ3v) is 4.37. The van der Waals surface area contributed by atoms with Gasteiger partial charge in [0, 0.05) is 5.69 Å². The number of ether oxygens (including phenoxy) is 1. The number of benzene rings is 1. The molecule has 132 valence electrons. The molecule has 1 aromatic rings. The summed E-state index contributed by atoms with van der Waals surface area (Å²) >= 11 is 0. The van der Waals surface area contributed by atoms with Gasteiger partial charge in [0.1, 0.15) is 0 Å². The van der Waals surface area contributed by atoms with Crippen LogP contribution >= 0.6 is 0 Å². The van der Waals surface area contributed by atoms with E-state index in [0.717, 1.165) is 36.4 Å². The van der Waals surface area contributed by atoms with E-state index in [2.05, 4.69) is 5.32 Å². The highest BCUT2D eigenvalue weighted by molar-refractivity contribution is 5.91. The average Bonchev–Trinajstić information content (AvgIpc) is 2.57. The lowest BCUT2D eigenvalue weighted by Crippen LogP contribution is -3.15. The zero-order chi connectivity index (χ0) is 17.5. The lowest BCUT2D eigenvalue weighted by molar-refractivity contribution is -0.903. The van der Waals surface area contributed by atoms with Crippen LogP contribution in [0.15, 0.2) is 18.2 Å². The Hall–Kier alpha value is -2.08. The molecule has 2 rings (SSSR count). The lowest BCUT2D eigenvalue weighted by atomic mass is 10.1. The average molecular weight is 334 g/mol. The molecule has 0 aliphatic carbocycles. The van der Waals surface area contributed by atoms with Crippen molar-refractivity contribution in [1.29, 1.82) is 0 Å². The normalized spacial score (nSPS) is 15.2. The number of hydrogen-bond acceptors (Lipinski definition) is 3. The Balaban J connectivity index is 1.73. The Kier molecular flexibility index (Phi) is 6.61. The van der Waals surface area contributed by atoms with Crippen molar-refractivity contribution in [3.05, 3.63) is 29.3 Å². The number of nitrogens with zero attached hydrogens (tertiary/aromatic N) is 1. The van der Waals surface area contributed by atoms with Crippen LogP contribution in [0.25, 0.3) is 0 Å². The minimum atomic E-state index is -0.232. The van der Waals surface area contributed by atoms with E-state index in [-0.39, 0.29) is 12.0 Å². The summed E-state index contributed by atoms with van der Waals surface area (Å²) in [6.45, 7) is 10.1. The summed E-state index contributed by atoms with van der Waals surface area (Å²) < 4.78 is 5.02. The van der Waals surface area contributed by atoms with Gasteiger partial charge in [-0.25, -0.2) is 4.79 Å². The molecule has 0 saturated carbocycles. The predicted molar refractivity (Wildman–Crippen MR) is 93.3 cm³/mol. The zero-order valence-electron chi connectivity index (χ0n) is 14.9. The molecule has 0 radical (unpaired) electrons. The van der Waals surface area contributed by atoms with Crippen molar-refractivity contribution >= 4 is 17.7 Å². The minimum absolute atomic E-state index is 0.0454. The third kappa shape index (κ3) is 5.23. The second kappa shape index (κ2) is 8.68. The molecule has 0 bridgehead atoms. The van der Waals surface area contributed by atoms with E-state index in [1.165, 1.54) is 4.90 Å². The molecular formula is C18H28N3O3+. The van der Waals surface area contributed by atoms with Crippen LogP contribution in [-0.4, -0.2) is 56.2 Å². The summed E-state index contributed by atoms with van der Waals surface area (Å²) in [7, 11) is 0. The number of piperazine rings is 1. The standard InChI is InChI=1S/C18H27N3O3/c1-4-24-18(23)21-11-9-20(10-12-21)8-7-17(22)19-16-13-14(2)5-6-15(16)3/h5-6,13H,4,7-12H2,1-3H3,(H,19,22)/p+1. The van der Waals surface area contributed by atoms with Crippen molar-refractivity contribution in [1.82, 2.24) is 4.90 Å². The van der Waals surface area contributed by atoms with E-state index in [9.17, 15) is 9.59 Å². The van der Waals surface area contributed by atoms with E-state index in [0.29, 0.717) is 26.1 Å². The van der Waals surface area contributed by atoms with Gasteiger partial charge in [-0.2, -0.15) is 0 Å². The number of aryl methyl sites for hydroxylation is 2. The molecule has 1 saturated heterocycles. The largest absolute Gasteiger partial charge is 0.450 e. The van der Waals surface area contributed by atoms with Crippen LogP contribution < -0.4 is 10.2 Å². The van der Waals surface area contributed by atoms with Gasteiger partial charge in [0.05, 0.1) is 45.8 Å². The van der Waals surface area contributed by atoms with Crippen LogP contribution in [0.3, 0.4) is 0 Å². The first-order chi connectivity index (χ1) is 11.5. The zero-order valence-corrected chi connectivity index (χ0v) is 14.9. The van der Waals surface area contributed by atoms with Crippen molar-refractivity contribution in [2.75, 3.05) is 44.6 Å². The lowest BCUT2D eigenvalue weighted by Gasteiger charge is -2.31. The maximum Gasteiger partial charge on any atom is 0.410 e. The number of hydrogen-bond donors (Lipinski definition) is 2. The smallest absolute Gasteiger partial charge is 0.410 e. The van der Waals surface area contributed by atoms with Crippen molar-refractivity contribution in [3.63, 3.8) is 0 Å². The summed E-state index contributed by atoms with van der Waals surface area (Å²) in [6.07, 6.45) is 0.256. The first-order valence-corrected chi connectivity index (χ1v) is 8.62. The Labute approximate surface area is 143 Å². The molecule has 2 amide bonds. The number of carbonyl (C=O) groups is 2. The molecule has 0 aromatic heterocycles. The Morgan fingerprint density at radius 2 is 1.96 bits per heavy atom. The summed E-state index contributed by atoms with van der Waals surface area (Å²) in [5.74, 6) is 0.0454. The van der Waals surface area contributed by atoms with Gasteiger partial charge in [0.25, 0.3) is 0 Å². The molecule has 0 unspecified atom stereocenters. The SMILES string of the molecule is CCOC(=O)N1CC[NH+](CCC(=O)Nc2cc(C)ccc2C)CC1. The minimum Gasteiger partial charge on any atom is -0.450 e.